The maximum Gasteiger partial charge on any atom is 0.246 e. The average Bonchev–Trinajstić information content (AvgIpc) is 2.53. The van der Waals surface area contributed by atoms with Crippen molar-refractivity contribution in [3.05, 3.63) is 29.8 Å². The molecule has 1 aromatic rings. The second-order valence-electron chi connectivity index (χ2n) is 6.01. The van der Waals surface area contributed by atoms with E-state index in [-0.39, 0.29) is 24.2 Å². The van der Waals surface area contributed by atoms with Crippen LogP contribution in [-0.4, -0.2) is 41.7 Å². The number of phenolic OH excluding ortho intramolecular Hbond substituents is 1. The van der Waals surface area contributed by atoms with Crippen LogP contribution in [0.2, 0.25) is 0 Å². The first-order valence-corrected chi connectivity index (χ1v) is 9.73. The number of ketones is 1. The number of aromatic hydroxyl groups is 1. The normalized spacial score (nSPS) is 15.2. The summed E-state index contributed by atoms with van der Waals surface area (Å²) in [6.07, 6.45) is 0.991. The van der Waals surface area contributed by atoms with Gasteiger partial charge < -0.3 is 16.6 Å². The topological polar surface area (TPSA) is 141 Å². The van der Waals surface area contributed by atoms with E-state index in [1.54, 1.807) is 13.8 Å². The van der Waals surface area contributed by atoms with Crippen LogP contribution in [0, 0.1) is 0 Å². The lowest BCUT2D eigenvalue weighted by Gasteiger charge is -2.27. The van der Waals surface area contributed by atoms with Gasteiger partial charge in [-0.2, -0.15) is 0 Å². The summed E-state index contributed by atoms with van der Waals surface area (Å²) in [4.78, 5) is 24.6. The molecule has 0 saturated carbocycles. The summed E-state index contributed by atoms with van der Waals surface area (Å²) in [5.74, 6) is -3.62. The van der Waals surface area contributed by atoms with E-state index < -0.39 is 38.0 Å². The zero-order valence-electron chi connectivity index (χ0n) is 15.5. The van der Waals surface area contributed by atoms with Crippen LogP contribution in [0.1, 0.15) is 51.3 Å². The fourth-order valence-corrected chi connectivity index (χ4v) is 4.66. The summed E-state index contributed by atoms with van der Waals surface area (Å²) in [6.45, 7) is 3.49. The Morgan fingerprint density at radius 2 is 1.84 bits per heavy atom. The fraction of sp³-hybridized carbons (Fsp3) is 0.529. The molecular weight excluding hydrogens is 344 g/mol. The third kappa shape index (κ3) is 5.02. The second-order valence-corrected chi connectivity index (χ2v) is 8.11. The van der Waals surface area contributed by atoms with Gasteiger partial charge in [-0.15, -0.1) is 0 Å². The summed E-state index contributed by atoms with van der Waals surface area (Å²) < 4.78 is 34.1. The molecule has 0 saturated heterocycles. The molecule has 5 N–H and O–H groups in total. The van der Waals surface area contributed by atoms with Crippen molar-refractivity contribution in [2.45, 2.75) is 50.3 Å². The Bertz CT molecular complexity index is 775. The van der Waals surface area contributed by atoms with Gasteiger partial charge in [0, 0.05) is 6.93 Å². The molecule has 1 amide bonds. The van der Waals surface area contributed by atoms with Crippen molar-refractivity contribution in [1.82, 2.24) is 0 Å². The number of sulfone groups is 1. The molecule has 0 aliphatic carbocycles. The molecule has 1 rings (SSSR count). The number of phenols is 1. The first-order chi connectivity index (χ1) is 11.9. The molecule has 0 aliphatic rings. The van der Waals surface area contributed by atoms with Gasteiger partial charge in [0.25, 0.3) is 0 Å². The lowest BCUT2D eigenvalue weighted by Crippen LogP contribution is -2.63. The Hall–Kier alpha value is -1.93. The van der Waals surface area contributed by atoms with E-state index in [1.165, 1.54) is 18.2 Å². The Balaban J connectivity index is 3.36. The van der Waals surface area contributed by atoms with Gasteiger partial charge in [0.1, 0.15) is 5.75 Å². The molecular formula is C17H26N2O5S. The summed E-state index contributed by atoms with van der Waals surface area (Å²) in [5.41, 5.74) is 8.48. The molecule has 0 radical (unpaired) electrons. The molecule has 0 spiro atoms. The quantitative estimate of drug-likeness (QED) is 0.416. The highest BCUT2D eigenvalue weighted by Gasteiger charge is 2.46. The second kappa shape index (κ2) is 8.44. The number of amides is 1. The van der Waals surface area contributed by atoms with E-state index >= 15 is 0 Å². The maximum atomic E-state index is 12.9. The van der Waals surface area contributed by atoms with Gasteiger partial charge in [0.15, 0.2) is 21.2 Å². The van der Waals surface area contributed by atoms with Crippen LogP contribution in [0.5, 0.6) is 5.75 Å². The van der Waals surface area contributed by atoms with Gasteiger partial charge in [0.05, 0.1) is 11.0 Å². The summed E-state index contributed by atoms with van der Waals surface area (Å²) in [7, 11) is -4.25. The van der Waals surface area contributed by atoms with E-state index in [1.807, 2.05) is 0 Å². The number of nitrogens with two attached hydrogens (primary N) is 2. The molecule has 0 aliphatic heterocycles. The van der Waals surface area contributed by atoms with Crippen LogP contribution in [0.3, 0.4) is 0 Å². The third-order valence-electron chi connectivity index (χ3n) is 3.87. The summed E-state index contributed by atoms with van der Waals surface area (Å²) >= 11 is 0. The summed E-state index contributed by atoms with van der Waals surface area (Å²) in [5, 5.41) is 7.66. The van der Waals surface area contributed by atoms with Crippen molar-refractivity contribution in [3.63, 3.8) is 0 Å². The molecule has 1 aromatic carbocycles. The highest BCUT2D eigenvalue weighted by atomic mass is 32.2. The van der Waals surface area contributed by atoms with Gasteiger partial charge in [0.2, 0.25) is 5.91 Å². The van der Waals surface area contributed by atoms with Gasteiger partial charge >= 0.3 is 0 Å². The zero-order chi connectivity index (χ0) is 20.2. The zero-order valence-corrected chi connectivity index (χ0v) is 15.3. The molecule has 8 heteroatoms. The van der Waals surface area contributed by atoms with E-state index in [0.717, 1.165) is 6.07 Å². The summed E-state index contributed by atoms with van der Waals surface area (Å²) in [6, 6.07) is 5.05. The van der Waals surface area contributed by atoms with Crippen LogP contribution in [0.25, 0.3) is 0 Å². The number of benzene rings is 1. The van der Waals surface area contributed by atoms with E-state index in [4.69, 9.17) is 12.8 Å². The van der Waals surface area contributed by atoms with Crippen molar-refractivity contribution < 1.29 is 24.5 Å². The number of rotatable bonds is 10. The lowest BCUT2D eigenvalue weighted by atomic mass is 9.91. The Morgan fingerprint density at radius 3 is 2.28 bits per heavy atom. The largest absolute Gasteiger partial charge is 0.508 e. The Kier molecular flexibility index (Phi) is 6.55. The lowest BCUT2D eigenvalue weighted by molar-refractivity contribution is -0.120. The highest BCUT2D eigenvalue weighted by Crippen LogP contribution is 2.22. The molecule has 140 valence electrons. The molecule has 0 bridgehead atoms. The predicted octanol–water partition coefficient (Wildman–Crippen LogP) is 1.14. The molecule has 0 heterocycles. The van der Waals surface area contributed by atoms with E-state index in [0.29, 0.717) is 12.8 Å². The van der Waals surface area contributed by atoms with Crippen LogP contribution in [0.15, 0.2) is 24.3 Å². The average molecular weight is 371 g/mol. The Morgan fingerprint density at radius 1 is 1.28 bits per heavy atom. The molecule has 0 fully saturated rings. The van der Waals surface area contributed by atoms with Crippen molar-refractivity contribution in [2.75, 3.05) is 5.75 Å². The standard InChI is InChI=1S/C17H26N2O5S/c1-3-6-14(7-4-2)25(23,24)11-17(19,16(18)22)15(21)12-8-5-9-13(20)10-12/h5,8-10,14,20H,3-4,6-7,11,19H2,1-2H3,(H2,18,22)/t17-/m1/s1/i14D. The van der Waals surface area contributed by atoms with E-state index in [9.17, 15) is 23.1 Å². The number of carbonyl (C=O) groups is 2. The van der Waals surface area contributed by atoms with Gasteiger partial charge in [-0.1, -0.05) is 38.8 Å². The first kappa shape index (κ1) is 19.4. The SMILES string of the molecule is [2H]C(CCC)(CCC)S(=O)(=O)C[C@](N)(C(N)=O)C(=O)c1cccc(O)c1. The number of hydrogen-bond acceptors (Lipinski definition) is 6. The smallest absolute Gasteiger partial charge is 0.246 e. The van der Waals surface area contributed by atoms with Crippen molar-refractivity contribution in [2.24, 2.45) is 11.5 Å². The maximum absolute atomic E-state index is 12.9. The van der Waals surface area contributed by atoms with Gasteiger partial charge in [-0.05, 0) is 25.0 Å². The van der Waals surface area contributed by atoms with Gasteiger partial charge in [-0.3, -0.25) is 9.59 Å². The minimum Gasteiger partial charge on any atom is -0.508 e. The minimum absolute atomic E-state index is 0.0539. The van der Waals surface area contributed by atoms with Crippen molar-refractivity contribution in [3.8, 4) is 5.75 Å². The van der Waals surface area contributed by atoms with Crippen LogP contribution >= 0.6 is 0 Å². The van der Waals surface area contributed by atoms with E-state index in [2.05, 4.69) is 0 Å². The predicted molar refractivity (Wildman–Crippen MR) is 95.9 cm³/mol. The first-order valence-electron chi connectivity index (χ1n) is 8.58. The van der Waals surface area contributed by atoms with Crippen molar-refractivity contribution in [1.29, 1.82) is 0 Å². The van der Waals surface area contributed by atoms with Crippen LogP contribution in [0.4, 0.5) is 0 Å². The number of primary amides is 1. The third-order valence-corrected chi connectivity index (χ3v) is 5.99. The molecule has 25 heavy (non-hydrogen) atoms. The Labute approximate surface area is 149 Å². The van der Waals surface area contributed by atoms with Crippen LogP contribution in [-0.2, 0) is 14.6 Å². The number of hydrogen-bond donors (Lipinski definition) is 3. The monoisotopic (exact) mass is 371 g/mol. The highest BCUT2D eigenvalue weighted by molar-refractivity contribution is 7.92. The van der Waals surface area contributed by atoms with Gasteiger partial charge in [-0.25, -0.2) is 8.42 Å². The minimum atomic E-state index is -4.25. The molecule has 0 unspecified atom stereocenters. The molecule has 0 aromatic heterocycles. The number of Topliss-reactive ketones (excluding diaryl/α,β-unsaturated/α-hetero) is 1. The number of carbonyl (C=O) groups excluding carboxylic acids is 2. The van der Waals surface area contributed by atoms with Crippen LogP contribution < -0.4 is 11.5 Å². The van der Waals surface area contributed by atoms with Crippen molar-refractivity contribution >= 4 is 21.5 Å². The molecule has 1 atom stereocenters. The fourth-order valence-electron chi connectivity index (χ4n) is 2.55. The molecule has 7 nitrogen and oxygen atoms in total.